The molecular formula is C21H28N4O3. The van der Waals surface area contributed by atoms with Crippen molar-refractivity contribution in [1.82, 2.24) is 20.4 Å². The van der Waals surface area contributed by atoms with Gasteiger partial charge in [0.15, 0.2) is 5.69 Å². The predicted octanol–water partition coefficient (Wildman–Crippen LogP) is 2.05. The molecule has 3 rings (SSSR count). The minimum atomic E-state index is -0.391. The minimum Gasteiger partial charge on any atom is -0.393 e. The molecule has 1 fully saturated rings. The Balaban J connectivity index is 1.93. The van der Waals surface area contributed by atoms with E-state index in [1.165, 1.54) is 13.1 Å². The second-order valence-electron chi connectivity index (χ2n) is 7.71. The molecule has 0 aliphatic heterocycles. The highest BCUT2D eigenvalue weighted by Gasteiger charge is 2.32. The van der Waals surface area contributed by atoms with Gasteiger partial charge < -0.3 is 15.7 Å². The van der Waals surface area contributed by atoms with Crippen molar-refractivity contribution in [1.29, 1.82) is 0 Å². The maximum absolute atomic E-state index is 13.0. The number of carbonyl (C=O) groups is 2. The molecule has 1 aromatic heterocycles. The van der Waals surface area contributed by atoms with Crippen LogP contribution in [0.25, 0.3) is 0 Å². The zero-order chi connectivity index (χ0) is 20.4. The number of aryl methyl sites for hydroxylation is 1. The van der Waals surface area contributed by atoms with Gasteiger partial charge in [-0.25, -0.2) is 0 Å². The molecule has 0 spiro atoms. The summed E-state index contributed by atoms with van der Waals surface area (Å²) in [6.07, 6.45) is 0.822. The van der Waals surface area contributed by atoms with Gasteiger partial charge in [-0.2, -0.15) is 5.10 Å². The summed E-state index contributed by atoms with van der Waals surface area (Å²) in [5.74, 6) is -0.426. The Morgan fingerprint density at radius 1 is 1.25 bits per heavy atom. The molecule has 2 amide bonds. The van der Waals surface area contributed by atoms with E-state index >= 15 is 0 Å². The normalized spacial score (nSPS) is 22.7. The number of benzene rings is 1. The summed E-state index contributed by atoms with van der Waals surface area (Å²) >= 11 is 0. The van der Waals surface area contributed by atoms with E-state index < -0.39 is 6.10 Å². The van der Waals surface area contributed by atoms with Crippen LogP contribution in [-0.2, 0) is 0 Å². The number of aliphatic hydroxyl groups is 1. The lowest BCUT2D eigenvalue weighted by Crippen LogP contribution is -2.38. The van der Waals surface area contributed by atoms with Crippen molar-refractivity contribution in [3.05, 3.63) is 52.8 Å². The molecule has 0 bridgehead atoms. The van der Waals surface area contributed by atoms with Gasteiger partial charge >= 0.3 is 0 Å². The quantitative estimate of drug-likeness (QED) is 0.735. The fraction of sp³-hybridized carbons (Fsp3) is 0.476. The number of nitrogens with zero attached hydrogens (tertiary/aromatic N) is 2. The molecule has 150 valence electrons. The Labute approximate surface area is 165 Å². The van der Waals surface area contributed by atoms with E-state index in [1.54, 1.807) is 4.68 Å². The molecule has 3 N–H and O–H groups in total. The first kappa shape index (κ1) is 20.1. The number of nitrogens with one attached hydrogen (secondary N) is 2. The molecule has 1 aromatic carbocycles. The molecule has 28 heavy (non-hydrogen) atoms. The van der Waals surface area contributed by atoms with Gasteiger partial charge in [-0.05, 0) is 38.2 Å². The van der Waals surface area contributed by atoms with Gasteiger partial charge in [0.25, 0.3) is 11.8 Å². The van der Waals surface area contributed by atoms with Crippen molar-refractivity contribution >= 4 is 11.8 Å². The highest BCUT2D eigenvalue weighted by molar-refractivity contribution is 5.98. The van der Waals surface area contributed by atoms with Gasteiger partial charge in [0.1, 0.15) is 5.69 Å². The molecular weight excluding hydrogens is 356 g/mol. The standard InChI is InChI=1S/C21H28N4O3/c1-12-6-5-7-15(8-12)14(3)25-19(11-18(24-25)20(27)22-4)21(28)23-17-10-16(26)9-13(17)2/h5-8,11,13-14,16-17,26H,9-10H2,1-4H3,(H,22,27)(H,23,28)/t13?,14?,16-,17?/m0/s1. The molecule has 7 nitrogen and oxygen atoms in total. The van der Waals surface area contributed by atoms with E-state index in [9.17, 15) is 14.7 Å². The molecule has 0 radical (unpaired) electrons. The second-order valence-corrected chi connectivity index (χ2v) is 7.71. The molecule has 7 heteroatoms. The highest BCUT2D eigenvalue weighted by atomic mass is 16.3. The third kappa shape index (κ3) is 4.09. The summed E-state index contributed by atoms with van der Waals surface area (Å²) in [5.41, 5.74) is 2.65. The Bertz CT molecular complexity index is 876. The van der Waals surface area contributed by atoms with Crippen molar-refractivity contribution < 1.29 is 14.7 Å². The first-order valence-corrected chi connectivity index (χ1v) is 9.67. The molecule has 1 heterocycles. The van der Waals surface area contributed by atoms with Crippen LogP contribution < -0.4 is 10.6 Å². The Hall–Kier alpha value is -2.67. The minimum absolute atomic E-state index is 0.0939. The summed E-state index contributed by atoms with van der Waals surface area (Å²) in [4.78, 5) is 25.1. The molecule has 1 aliphatic carbocycles. The van der Waals surface area contributed by atoms with E-state index in [0.717, 1.165) is 11.1 Å². The SMILES string of the molecule is CNC(=O)c1cc(C(=O)NC2C[C@@H](O)CC2C)n(C(C)c2cccc(C)c2)n1. The summed E-state index contributed by atoms with van der Waals surface area (Å²) in [7, 11) is 1.53. The van der Waals surface area contributed by atoms with Crippen LogP contribution in [0.5, 0.6) is 0 Å². The van der Waals surface area contributed by atoms with E-state index in [0.29, 0.717) is 18.5 Å². The highest BCUT2D eigenvalue weighted by Crippen LogP contribution is 2.26. The lowest BCUT2D eigenvalue weighted by atomic mass is 10.1. The number of rotatable bonds is 5. The van der Waals surface area contributed by atoms with E-state index in [4.69, 9.17) is 0 Å². The van der Waals surface area contributed by atoms with Crippen molar-refractivity contribution in [2.75, 3.05) is 7.05 Å². The predicted molar refractivity (Wildman–Crippen MR) is 106 cm³/mol. The molecule has 1 saturated carbocycles. The van der Waals surface area contributed by atoms with Crippen LogP contribution in [-0.4, -0.2) is 45.9 Å². The monoisotopic (exact) mass is 384 g/mol. The fourth-order valence-corrected chi connectivity index (χ4v) is 3.83. The Morgan fingerprint density at radius 3 is 2.61 bits per heavy atom. The number of hydrogen-bond acceptors (Lipinski definition) is 4. The van der Waals surface area contributed by atoms with Gasteiger partial charge in [0.2, 0.25) is 0 Å². The van der Waals surface area contributed by atoms with Crippen LogP contribution in [0, 0.1) is 12.8 Å². The molecule has 4 atom stereocenters. The van der Waals surface area contributed by atoms with Gasteiger partial charge in [-0.3, -0.25) is 14.3 Å². The van der Waals surface area contributed by atoms with E-state index in [1.807, 2.05) is 45.0 Å². The van der Waals surface area contributed by atoms with Gasteiger partial charge in [0, 0.05) is 19.2 Å². The number of aliphatic hydroxyl groups excluding tert-OH is 1. The van der Waals surface area contributed by atoms with E-state index in [-0.39, 0.29) is 35.5 Å². The largest absolute Gasteiger partial charge is 0.393 e. The topological polar surface area (TPSA) is 96.3 Å². The third-order valence-corrected chi connectivity index (χ3v) is 5.49. The molecule has 0 saturated heterocycles. The van der Waals surface area contributed by atoms with Crippen LogP contribution in [0.1, 0.15) is 64.8 Å². The Morgan fingerprint density at radius 2 is 2.00 bits per heavy atom. The fourth-order valence-electron chi connectivity index (χ4n) is 3.83. The maximum Gasteiger partial charge on any atom is 0.271 e. The summed E-state index contributed by atoms with van der Waals surface area (Å²) in [6.45, 7) is 5.98. The van der Waals surface area contributed by atoms with Gasteiger partial charge in [-0.1, -0.05) is 36.8 Å². The van der Waals surface area contributed by atoms with Gasteiger partial charge in [0.05, 0.1) is 12.1 Å². The lowest BCUT2D eigenvalue weighted by Gasteiger charge is -2.20. The summed E-state index contributed by atoms with van der Waals surface area (Å²) in [6, 6.07) is 9.21. The second kappa shape index (κ2) is 8.14. The van der Waals surface area contributed by atoms with Crippen molar-refractivity contribution in [3.63, 3.8) is 0 Å². The molecule has 3 unspecified atom stereocenters. The average molecular weight is 384 g/mol. The lowest BCUT2D eigenvalue weighted by molar-refractivity contribution is 0.0913. The first-order chi connectivity index (χ1) is 13.3. The van der Waals surface area contributed by atoms with E-state index in [2.05, 4.69) is 15.7 Å². The third-order valence-electron chi connectivity index (χ3n) is 5.49. The first-order valence-electron chi connectivity index (χ1n) is 9.67. The molecule has 1 aliphatic rings. The van der Waals surface area contributed by atoms with Crippen LogP contribution in [0.15, 0.2) is 30.3 Å². The summed E-state index contributed by atoms with van der Waals surface area (Å²) < 4.78 is 1.60. The van der Waals surface area contributed by atoms with Crippen LogP contribution in [0.4, 0.5) is 0 Å². The van der Waals surface area contributed by atoms with Crippen molar-refractivity contribution in [2.45, 2.75) is 51.8 Å². The number of aromatic nitrogens is 2. The van der Waals surface area contributed by atoms with Crippen molar-refractivity contribution in [2.24, 2.45) is 5.92 Å². The number of amides is 2. The maximum atomic E-state index is 13.0. The van der Waals surface area contributed by atoms with Gasteiger partial charge in [-0.15, -0.1) is 0 Å². The number of hydrogen-bond donors (Lipinski definition) is 3. The average Bonchev–Trinajstić information content (AvgIpc) is 3.24. The molecule has 2 aromatic rings. The van der Waals surface area contributed by atoms with Crippen LogP contribution in [0.3, 0.4) is 0 Å². The smallest absolute Gasteiger partial charge is 0.271 e. The van der Waals surface area contributed by atoms with Crippen molar-refractivity contribution in [3.8, 4) is 0 Å². The van der Waals surface area contributed by atoms with Crippen LogP contribution >= 0.6 is 0 Å². The van der Waals surface area contributed by atoms with Crippen LogP contribution in [0.2, 0.25) is 0 Å². The summed E-state index contributed by atoms with van der Waals surface area (Å²) in [5, 5.41) is 19.8. The zero-order valence-electron chi connectivity index (χ0n) is 16.8. The Kier molecular flexibility index (Phi) is 5.84. The number of carbonyl (C=O) groups excluding carboxylic acids is 2. The zero-order valence-corrected chi connectivity index (χ0v) is 16.8.